The van der Waals surface area contributed by atoms with E-state index in [2.05, 4.69) is 10.6 Å². The summed E-state index contributed by atoms with van der Waals surface area (Å²) in [5, 5.41) is 6.19. The average molecular weight is 278 g/mol. The summed E-state index contributed by atoms with van der Waals surface area (Å²) in [6, 6.07) is 5.44. The van der Waals surface area contributed by atoms with Crippen molar-refractivity contribution in [3.8, 4) is 11.5 Å². The predicted molar refractivity (Wildman–Crippen MR) is 78.4 cm³/mol. The van der Waals surface area contributed by atoms with Gasteiger partial charge in [-0.15, -0.1) is 0 Å². The van der Waals surface area contributed by atoms with Gasteiger partial charge in [-0.3, -0.25) is 4.79 Å². The molecule has 1 aromatic rings. The number of carbonyl (C=O) groups is 1. The molecule has 1 unspecified atom stereocenters. The first-order valence-corrected chi connectivity index (χ1v) is 7.07. The van der Waals surface area contributed by atoms with E-state index >= 15 is 0 Å². The summed E-state index contributed by atoms with van der Waals surface area (Å²) in [5.74, 6) is 1.42. The maximum Gasteiger partial charge on any atom is 0.228 e. The molecule has 1 aromatic carbocycles. The Morgan fingerprint density at radius 2 is 2.30 bits per heavy atom. The van der Waals surface area contributed by atoms with E-state index < -0.39 is 0 Å². The van der Waals surface area contributed by atoms with Gasteiger partial charge in [-0.25, -0.2) is 0 Å². The van der Waals surface area contributed by atoms with Gasteiger partial charge in [0, 0.05) is 18.3 Å². The molecule has 1 aliphatic rings. The lowest BCUT2D eigenvalue weighted by atomic mass is 9.99. The Bertz CT molecular complexity index is 456. The van der Waals surface area contributed by atoms with Crippen molar-refractivity contribution in [1.29, 1.82) is 0 Å². The molecule has 1 aliphatic heterocycles. The summed E-state index contributed by atoms with van der Waals surface area (Å²) < 4.78 is 10.7. The fourth-order valence-electron chi connectivity index (χ4n) is 2.34. The van der Waals surface area contributed by atoms with Crippen LogP contribution in [0.15, 0.2) is 18.2 Å². The Balaban J connectivity index is 2.04. The van der Waals surface area contributed by atoms with Crippen molar-refractivity contribution >= 4 is 11.6 Å². The molecule has 1 heterocycles. The SMILES string of the molecule is CCOc1cc(NC(=O)C2CCCNC2)ccc1OC. The van der Waals surface area contributed by atoms with E-state index in [1.165, 1.54) is 0 Å². The molecule has 1 atom stereocenters. The van der Waals surface area contributed by atoms with Gasteiger partial charge >= 0.3 is 0 Å². The quantitative estimate of drug-likeness (QED) is 0.865. The molecular formula is C15H22N2O3. The third-order valence-electron chi connectivity index (χ3n) is 3.40. The van der Waals surface area contributed by atoms with Crippen molar-refractivity contribution in [2.45, 2.75) is 19.8 Å². The van der Waals surface area contributed by atoms with E-state index in [-0.39, 0.29) is 11.8 Å². The molecule has 0 aliphatic carbocycles. The largest absolute Gasteiger partial charge is 0.493 e. The van der Waals surface area contributed by atoms with Crippen LogP contribution in [0.1, 0.15) is 19.8 Å². The molecule has 5 heteroatoms. The molecule has 0 aromatic heterocycles. The Kier molecular flexibility index (Phi) is 5.24. The molecule has 0 spiro atoms. The number of benzene rings is 1. The second kappa shape index (κ2) is 7.14. The Morgan fingerprint density at radius 1 is 1.45 bits per heavy atom. The monoisotopic (exact) mass is 278 g/mol. The fourth-order valence-corrected chi connectivity index (χ4v) is 2.34. The zero-order chi connectivity index (χ0) is 14.4. The summed E-state index contributed by atoms with van der Waals surface area (Å²) >= 11 is 0. The maximum atomic E-state index is 12.2. The van der Waals surface area contributed by atoms with Crippen LogP contribution in [0.4, 0.5) is 5.69 Å². The number of piperidine rings is 1. The minimum atomic E-state index is 0.0430. The Morgan fingerprint density at radius 3 is 2.95 bits per heavy atom. The fraction of sp³-hybridized carbons (Fsp3) is 0.533. The van der Waals surface area contributed by atoms with Crippen molar-refractivity contribution in [2.75, 3.05) is 32.1 Å². The molecule has 1 amide bonds. The van der Waals surface area contributed by atoms with E-state index in [9.17, 15) is 4.79 Å². The topological polar surface area (TPSA) is 59.6 Å². The molecule has 0 bridgehead atoms. The zero-order valence-electron chi connectivity index (χ0n) is 12.1. The molecule has 1 fully saturated rings. The molecule has 0 saturated carbocycles. The predicted octanol–water partition coefficient (Wildman–Crippen LogP) is 2.03. The number of carbonyl (C=O) groups excluding carboxylic acids is 1. The first kappa shape index (κ1) is 14.7. The van der Waals surface area contributed by atoms with Gasteiger partial charge in [0.05, 0.1) is 19.6 Å². The summed E-state index contributed by atoms with van der Waals surface area (Å²) in [5.41, 5.74) is 0.741. The maximum absolute atomic E-state index is 12.2. The van der Waals surface area contributed by atoms with Crippen molar-refractivity contribution in [2.24, 2.45) is 5.92 Å². The highest BCUT2D eigenvalue weighted by Gasteiger charge is 2.21. The van der Waals surface area contributed by atoms with Crippen LogP contribution in [0.25, 0.3) is 0 Å². The molecule has 0 radical (unpaired) electrons. The Labute approximate surface area is 119 Å². The highest BCUT2D eigenvalue weighted by molar-refractivity contribution is 5.93. The van der Waals surface area contributed by atoms with Crippen LogP contribution in [-0.4, -0.2) is 32.7 Å². The lowest BCUT2D eigenvalue weighted by Gasteiger charge is -2.22. The Hall–Kier alpha value is -1.75. The van der Waals surface area contributed by atoms with Gasteiger partial charge in [-0.1, -0.05) is 0 Å². The average Bonchev–Trinajstić information content (AvgIpc) is 2.49. The highest BCUT2D eigenvalue weighted by atomic mass is 16.5. The number of rotatable bonds is 5. The lowest BCUT2D eigenvalue weighted by molar-refractivity contribution is -0.120. The van der Waals surface area contributed by atoms with Gasteiger partial charge in [0.2, 0.25) is 5.91 Å². The van der Waals surface area contributed by atoms with E-state index in [1.54, 1.807) is 19.2 Å². The second-order valence-electron chi connectivity index (χ2n) is 4.83. The first-order chi connectivity index (χ1) is 9.74. The molecule has 20 heavy (non-hydrogen) atoms. The van der Waals surface area contributed by atoms with Crippen LogP contribution in [-0.2, 0) is 4.79 Å². The lowest BCUT2D eigenvalue weighted by Crippen LogP contribution is -2.37. The van der Waals surface area contributed by atoms with Crippen molar-refractivity contribution < 1.29 is 14.3 Å². The third-order valence-corrected chi connectivity index (χ3v) is 3.40. The molecule has 2 N–H and O–H groups in total. The van der Waals surface area contributed by atoms with Crippen LogP contribution >= 0.6 is 0 Å². The molecule has 1 saturated heterocycles. The minimum Gasteiger partial charge on any atom is -0.493 e. The number of anilines is 1. The van der Waals surface area contributed by atoms with Gasteiger partial charge in [-0.05, 0) is 38.4 Å². The summed E-state index contributed by atoms with van der Waals surface area (Å²) in [4.78, 5) is 12.2. The van der Waals surface area contributed by atoms with Gasteiger partial charge in [0.1, 0.15) is 0 Å². The summed E-state index contributed by atoms with van der Waals surface area (Å²) in [6.45, 7) is 4.22. The van der Waals surface area contributed by atoms with Gasteiger partial charge in [-0.2, -0.15) is 0 Å². The third kappa shape index (κ3) is 3.63. The number of nitrogens with one attached hydrogen (secondary N) is 2. The van der Waals surface area contributed by atoms with Crippen LogP contribution in [0, 0.1) is 5.92 Å². The molecule has 2 rings (SSSR count). The van der Waals surface area contributed by atoms with Gasteiger partial charge < -0.3 is 20.1 Å². The molecule has 5 nitrogen and oxygen atoms in total. The van der Waals surface area contributed by atoms with Gasteiger partial charge in [0.25, 0.3) is 0 Å². The molecular weight excluding hydrogens is 256 g/mol. The number of amides is 1. The number of hydrogen-bond donors (Lipinski definition) is 2. The smallest absolute Gasteiger partial charge is 0.228 e. The van der Waals surface area contributed by atoms with E-state index in [4.69, 9.17) is 9.47 Å². The number of ether oxygens (including phenoxy) is 2. The van der Waals surface area contributed by atoms with Crippen LogP contribution in [0.5, 0.6) is 11.5 Å². The number of hydrogen-bond acceptors (Lipinski definition) is 4. The van der Waals surface area contributed by atoms with Crippen LogP contribution < -0.4 is 20.1 Å². The highest BCUT2D eigenvalue weighted by Crippen LogP contribution is 2.30. The van der Waals surface area contributed by atoms with Crippen molar-refractivity contribution in [3.63, 3.8) is 0 Å². The first-order valence-electron chi connectivity index (χ1n) is 7.07. The zero-order valence-corrected chi connectivity index (χ0v) is 12.1. The summed E-state index contributed by atoms with van der Waals surface area (Å²) in [6.07, 6.45) is 1.98. The normalized spacial score (nSPS) is 18.4. The van der Waals surface area contributed by atoms with Crippen LogP contribution in [0.3, 0.4) is 0 Å². The number of methoxy groups -OCH3 is 1. The van der Waals surface area contributed by atoms with Crippen molar-refractivity contribution in [3.05, 3.63) is 18.2 Å². The van der Waals surface area contributed by atoms with E-state index in [1.807, 2.05) is 13.0 Å². The summed E-state index contributed by atoms with van der Waals surface area (Å²) in [7, 11) is 1.60. The van der Waals surface area contributed by atoms with Crippen molar-refractivity contribution in [1.82, 2.24) is 5.32 Å². The van der Waals surface area contributed by atoms with Gasteiger partial charge in [0.15, 0.2) is 11.5 Å². The van der Waals surface area contributed by atoms with E-state index in [0.29, 0.717) is 18.1 Å². The minimum absolute atomic E-state index is 0.0430. The second-order valence-corrected chi connectivity index (χ2v) is 4.83. The van der Waals surface area contributed by atoms with E-state index in [0.717, 1.165) is 31.6 Å². The standard InChI is InChI=1S/C15H22N2O3/c1-3-20-14-9-12(6-7-13(14)19-2)17-15(18)11-5-4-8-16-10-11/h6-7,9,11,16H,3-5,8,10H2,1-2H3,(H,17,18). The van der Waals surface area contributed by atoms with Crippen LogP contribution in [0.2, 0.25) is 0 Å². The molecule has 110 valence electrons.